The summed E-state index contributed by atoms with van der Waals surface area (Å²) in [4.78, 5) is 15.5. The molecule has 0 aliphatic rings. The summed E-state index contributed by atoms with van der Waals surface area (Å²) in [6, 6.07) is 11.7. The first-order valence-corrected chi connectivity index (χ1v) is 6.38. The summed E-state index contributed by atoms with van der Waals surface area (Å²) in [5, 5.41) is 4.53. The Morgan fingerprint density at radius 2 is 1.90 bits per heavy atom. The lowest BCUT2D eigenvalue weighted by atomic mass is 10.2. The van der Waals surface area contributed by atoms with Crippen molar-refractivity contribution in [1.82, 2.24) is 29.7 Å². The lowest BCUT2D eigenvalue weighted by molar-refractivity contribution is 0.861. The molecular weight excluding hydrogens is 266 g/mol. The molecule has 0 unspecified atom stereocenters. The van der Waals surface area contributed by atoms with Gasteiger partial charge in [-0.1, -0.05) is 30.3 Å². The maximum Gasteiger partial charge on any atom is 0.184 e. The normalized spacial score (nSPS) is 11.0. The standard InChI is InChI=1S/C14H11N7/c15-11-6-10(9-4-2-1-3-5-9)20-21(11)14-12-13(17-7-16-12)18-8-19-14/h1-8H,15H2,(H,16,17,18,19). The van der Waals surface area contributed by atoms with E-state index in [2.05, 4.69) is 25.0 Å². The predicted octanol–water partition coefficient (Wildman–Crippen LogP) is 1.79. The van der Waals surface area contributed by atoms with Crippen LogP contribution in [0.25, 0.3) is 28.2 Å². The minimum Gasteiger partial charge on any atom is -0.384 e. The Morgan fingerprint density at radius 3 is 2.76 bits per heavy atom. The van der Waals surface area contributed by atoms with Crippen LogP contribution in [0.2, 0.25) is 0 Å². The van der Waals surface area contributed by atoms with Crippen molar-refractivity contribution in [2.45, 2.75) is 0 Å². The monoisotopic (exact) mass is 277 g/mol. The fourth-order valence-electron chi connectivity index (χ4n) is 2.23. The molecule has 7 heteroatoms. The molecule has 0 aliphatic heterocycles. The zero-order valence-electron chi connectivity index (χ0n) is 10.9. The molecule has 0 saturated heterocycles. The van der Waals surface area contributed by atoms with Gasteiger partial charge in [0, 0.05) is 11.6 Å². The highest BCUT2D eigenvalue weighted by molar-refractivity contribution is 5.78. The third-order valence-electron chi connectivity index (χ3n) is 3.21. The number of aromatic amines is 1. The zero-order valence-corrected chi connectivity index (χ0v) is 10.9. The Bertz CT molecular complexity index is 907. The van der Waals surface area contributed by atoms with Crippen LogP contribution in [0.5, 0.6) is 0 Å². The Labute approximate surface area is 119 Å². The summed E-state index contributed by atoms with van der Waals surface area (Å²) in [7, 11) is 0. The van der Waals surface area contributed by atoms with Crippen LogP contribution in [0.3, 0.4) is 0 Å². The second kappa shape index (κ2) is 4.41. The van der Waals surface area contributed by atoms with E-state index in [1.807, 2.05) is 36.4 Å². The maximum absolute atomic E-state index is 6.08. The number of imidazole rings is 1. The molecule has 1 aromatic carbocycles. The number of fused-ring (bicyclic) bond motifs is 1. The minimum atomic E-state index is 0.503. The van der Waals surface area contributed by atoms with Crippen molar-refractivity contribution in [3.8, 4) is 17.1 Å². The van der Waals surface area contributed by atoms with Gasteiger partial charge in [-0.2, -0.15) is 9.78 Å². The first-order chi connectivity index (χ1) is 10.3. The Kier molecular flexibility index (Phi) is 2.43. The highest BCUT2D eigenvalue weighted by atomic mass is 15.3. The molecule has 4 rings (SSSR count). The lowest BCUT2D eigenvalue weighted by Gasteiger charge is -2.02. The largest absolute Gasteiger partial charge is 0.384 e. The van der Waals surface area contributed by atoms with Crippen LogP contribution in [0.4, 0.5) is 5.82 Å². The first-order valence-electron chi connectivity index (χ1n) is 6.38. The van der Waals surface area contributed by atoms with Crippen molar-refractivity contribution in [3.05, 3.63) is 49.1 Å². The number of benzene rings is 1. The number of H-pyrrole nitrogens is 1. The number of nitrogens with two attached hydrogens (primary N) is 1. The molecule has 0 saturated carbocycles. The highest BCUT2D eigenvalue weighted by Gasteiger charge is 2.13. The third-order valence-corrected chi connectivity index (χ3v) is 3.21. The second-order valence-corrected chi connectivity index (χ2v) is 4.53. The summed E-state index contributed by atoms with van der Waals surface area (Å²) in [5.74, 6) is 1.08. The number of nitrogens with zero attached hydrogens (tertiary/aromatic N) is 5. The van der Waals surface area contributed by atoms with Gasteiger partial charge < -0.3 is 10.7 Å². The Hall–Kier alpha value is -3.22. The summed E-state index contributed by atoms with van der Waals surface area (Å²) in [6.07, 6.45) is 3.02. The molecule has 21 heavy (non-hydrogen) atoms. The van der Waals surface area contributed by atoms with Crippen LogP contribution in [0.15, 0.2) is 49.1 Å². The Morgan fingerprint density at radius 1 is 1.05 bits per heavy atom. The van der Waals surface area contributed by atoms with E-state index in [9.17, 15) is 0 Å². The van der Waals surface area contributed by atoms with E-state index in [1.165, 1.54) is 6.33 Å². The molecule has 102 valence electrons. The highest BCUT2D eigenvalue weighted by Crippen LogP contribution is 2.23. The average Bonchev–Trinajstić information content (AvgIpc) is 3.14. The van der Waals surface area contributed by atoms with Crippen molar-refractivity contribution in [2.75, 3.05) is 5.73 Å². The van der Waals surface area contributed by atoms with Crippen LogP contribution >= 0.6 is 0 Å². The quantitative estimate of drug-likeness (QED) is 0.582. The van der Waals surface area contributed by atoms with E-state index >= 15 is 0 Å². The maximum atomic E-state index is 6.08. The van der Waals surface area contributed by atoms with E-state index in [1.54, 1.807) is 11.0 Å². The molecule has 0 atom stereocenters. The number of aromatic nitrogens is 6. The van der Waals surface area contributed by atoms with Crippen molar-refractivity contribution in [1.29, 1.82) is 0 Å². The van der Waals surface area contributed by atoms with Crippen molar-refractivity contribution >= 4 is 17.0 Å². The number of nitrogens with one attached hydrogen (secondary N) is 1. The number of nitrogen functional groups attached to an aromatic ring is 1. The first kappa shape index (κ1) is 11.6. The molecule has 3 N–H and O–H groups in total. The smallest absolute Gasteiger partial charge is 0.184 e. The van der Waals surface area contributed by atoms with Crippen LogP contribution in [-0.2, 0) is 0 Å². The van der Waals surface area contributed by atoms with Gasteiger partial charge >= 0.3 is 0 Å². The van der Waals surface area contributed by atoms with E-state index in [-0.39, 0.29) is 0 Å². The van der Waals surface area contributed by atoms with Crippen LogP contribution < -0.4 is 5.73 Å². The fourth-order valence-corrected chi connectivity index (χ4v) is 2.23. The Balaban J connectivity index is 1.90. The molecule has 7 nitrogen and oxygen atoms in total. The van der Waals surface area contributed by atoms with Gasteiger partial charge in [-0.05, 0) is 0 Å². The second-order valence-electron chi connectivity index (χ2n) is 4.53. The van der Waals surface area contributed by atoms with Crippen molar-refractivity contribution < 1.29 is 0 Å². The van der Waals surface area contributed by atoms with E-state index in [0.717, 1.165) is 11.3 Å². The van der Waals surface area contributed by atoms with Crippen molar-refractivity contribution in [2.24, 2.45) is 0 Å². The SMILES string of the molecule is Nc1cc(-c2ccccc2)nn1-c1ncnc2nc[nH]c12. The van der Waals surface area contributed by atoms with E-state index in [0.29, 0.717) is 22.8 Å². The third kappa shape index (κ3) is 1.83. The van der Waals surface area contributed by atoms with Gasteiger partial charge in [-0.3, -0.25) is 0 Å². The van der Waals surface area contributed by atoms with Gasteiger partial charge in [0.05, 0.1) is 12.0 Å². The topological polar surface area (TPSA) is 98.3 Å². The van der Waals surface area contributed by atoms with Gasteiger partial charge in [0.25, 0.3) is 0 Å². The number of rotatable bonds is 2. The lowest BCUT2D eigenvalue weighted by Crippen LogP contribution is -2.05. The van der Waals surface area contributed by atoms with Crippen LogP contribution in [-0.4, -0.2) is 29.7 Å². The van der Waals surface area contributed by atoms with Gasteiger partial charge in [0.2, 0.25) is 0 Å². The molecule has 0 bridgehead atoms. The molecule has 3 aromatic heterocycles. The molecule has 0 aliphatic carbocycles. The van der Waals surface area contributed by atoms with Crippen molar-refractivity contribution in [3.63, 3.8) is 0 Å². The van der Waals surface area contributed by atoms with E-state index < -0.39 is 0 Å². The van der Waals surface area contributed by atoms with Gasteiger partial charge in [-0.25, -0.2) is 15.0 Å². The molecule has 0 radical (unpaired) electrons. The van der Waals surface area contributed by atoms with Gasteiger partial charge in [0.15, 0.2) is 11.5 Å². The summed E-state index contributed by atoms with van der Waals surface area (Å²) in [6.45, 7) is 0. The molecule has 3 heterocycles. The zero-order chi connectivity index (χ0) is 14.2. The number of anilines is 1. The van der Waals surface area contributed by atoms with Gasteiger partial charge in [0.1, 0.15) is 17.7 Å². The fraction of sp³-hybridized carbons (Fsp3) is 0. The number of hydrogen-bond donors (Lipinski definition) is 2. The predicted molar refractivity (Wildman–Crippen MR) is 78.7 cm³/mol. The molecule has 0 spiro atoms. The van der Waals surface area contributed by atoms with Crippen LogP contribution in [0, 0.1) is 0 Å². The van der Waals surface area contributed by atoms with Gasteiger partial charge in [-0.15, -0.1) is 0 Å². The minimum absolute atomic E-state index is 0.503. The summed E-state index contributed by atoms with van der Waals surface area (Å²) in [5.41, 5.74) is 9.15. The van der Waals surface area contributed by atoms with Crippen LogP contribution in [0.1, 0.15) is 0 Å². The molecule has 4 aromatic rings. The summed E-state index contributed by atoms with van der Waals surface area (Å²) >= 11 is 0. The van der Waals surface area contributed by atoms with E-state index in [4.69, 9.17) is 5.73 Å². The molecule has 0 amide bonds. The number of hydrogen-bond acceptors (Lipinski definition) is 5. The molecular formula is C14H11N7. The summed E-state index contributed by atoms with van der Waals surface area (Å²) < 4.78 is 1.59. The molecule has 0 fully saturated rings. The average molecular weight is 277 g/mol.